The molecule has 0 fully saturated rings. The molecule has 0 heterocycles. The summed E-state index contributed by atoms with van der Waals surface area (Å²) in [6.07, 6.45) is -0.0478. The van der Waals surface area contributed by atoms with E-state index >= 15 is 0 Å². The number of ether oxygens (including phenoxy) is 1. The molecule has 1 aromatic rings. The summed E-state index contributed by atoms with van der Waals surface area (Å²) in [5, 5.41) is 11.3. The lowest BCUT2D eigenvalue weighted by molar-refractivity contribution is -0.137. The van der Waals surface area contributed by atoms with Gasteiger partial charge in [-0.2, -0.15) is 0 Å². The maximum atomic E-state index is 12.7. The number of aliphatic carboxylic acids is 1. The van der Waals surface area contributed by atoms with Crippen LogP contribution < -0.4 is 14.8 Å². The molecular weight excluding hydrogens is 336 g/mol. The third kappa shape index (κ3) is 5.82. The van der Waals surface area contributed by atoms with Gasteiger partial charge in [-0.05, 0) is 38.5 Å². The Bertz CT molecular complexity index is 727. The summed E-state index contributed by atoms with van der Waals surface area (Å²) in [6, 6.07) is 4.24. The van der Waals surface area contributed by atoms with Crippen molar-refractivity contribution >= 4 is 27.6 Å². The highest BCUT2D eigenvalue weighted by Gasteiger charge is 2.29. The number of rotatable bonds is 8. The number of hydrogen-bond donors (Lipinski definition) is 3. The standard InChI is InChI=1S/C15H22N2O6S/c1-10(18)16-11-5-6-12(23-4)13(9-11)24(21,22)17-15(2,3)8-7-14(19)20/h5-6,9,17H,7-8H2,1-4H3,(H,16,18)(H,19,20). The molecule has 0 aromatic heterocycles. The van der Waals surface area contributed by atoms with Gasteiger partial charge in [0.25, 0.3) is 0 Å². The van der Waals surface area contributed by atoms with Gasteiger partial charge >= 0.3 is 5.97 Å². The van der Waals surface area contributed by atoms with E-state index in [1.165, 1.54) is 32.2 Å². The third-order valence-electron chi connectivity index (χ3n) is 3.15. The summed E-state index contributed by atoms with van der Waals surface area (Å²) in [7, 11) is -2.65. The van der Waals surface area contributed by atoms with Gasteiger partial charge in [0, 0.05) is 24.6 Å². The van der Waals surface area contributed by atoms with Crippen molar-refractivity contribution in [2.75, 3.05) is 12.4 Å². The fraction of sp³-hybridized carbons (Fsp3) is 0.467. The first-order valence-electron chi connectivity index (χ1n) is 7.18. The first-order valence-corrected chi connectivity index (χ1v) is 8.66. The molecule has 0 saturated carbocycles. The van der Waals surface area contributed by atoms with E-state index in [9.17, 15) is 18.0 Å². The third-order valence-corrected chi connectivity index (χ3v) is 4.87. The second kappa shape index (κ2) is 7.63. The van der Waals surface area contributed by atoms with Crippen molar-refractivity contribution in [3.8, 4) is 5.75 Å². The van der Waals surface area contributed by atoms with Gasteiger partial charge in [0.1, 0.15) is 10.6 Å². The van der Waals surface area contributed by atoms with E-state index in [0.717, 1.165) is 0 Å². The Morgan fingerprint density at radius 1 is 1.29 bits per heavy atom. The fourth-order valence-corrected chi connectivity index (χ4v) is 3.69. The van der Waals surface area contributed by atoms with Crippen LogP contribution in [0.3, 0.4) is 0 Å². The molecule has 24 heavy (non-hydrogen) atoms. The number of amides is 1. The van der Waals surface area contributed by atoms with Crippen molar-refractivity contribution < 1.29 is 27.9 Å². The number of anilines is 1. The SMILES string of the molecule is COc1ccc(NC(C)=O)cc1S(=O)(=O)NC(C)(C)CCC(=O)O. The summed E-state index contributed by atoms with van der Waals surface area (Å²) >= 11 is 0. The molecule has 0 radical (unpaired) electrons. The number of carboxylic acids is 1. The predicted molar refractivity (Wildman–Crippen MR) is 88.6 cm³/mol. The fourth-order valence-electron chi connectivity index (χ4n) is 2.06. The van der Waals surface area contributed by atoms with Crippen LogP contribution in [0.5, 0.6) is 5.75 Å². The maximum absolute atomic E-state index is 12.7. The van der Waals surface area contributed by atoms with E-state index in [1.54, 1.807) is 13.8 Å². The molecule has 0 aliphatic heterocycles. The van der Waals surface area contributed by atoms with Crippen LogP contribution in [0.15, 0.2) is 23.1 Å². The highest BCUT2D eigenvalue weighted by Crippen LogP contribution is 2.28. The molecule has 3 N–H and O–H groups in total. The first kappa shape index (κ1) is 19.9. The van der Waals surface area contributed by atoms with E-state index < -0.39 is 21.5 Å². The molecule has 0 spiro atoms. The van der Waals surface area contributed by atoms with Gasteiger partial charge < -0.3 is 15.2 Å². The van der Waals surface area contributed by atoms with Crippen LogP contribution in [-0.4, -0.2) is 38.0 Å². The van der Waals surface area contributed by atoms with Crippen molar-refractivity contribution in [3.63, 3.8) is 0 Å². The first-order chi connectivity index (χ1) is 11.0. The van der Waals surface area contributed by atoms with Crippen LogP contribution in [0.4, 0.5) is 5.69 Å². The molecule has 0 aliphatic rings. The number of methoxy groups -OCH3 is 1. The van der Waals surface area contributed by atoms with E-state index in [2.05, 4.69) is 10.0 Å². The predicted octanol–water partition coefficient (Wildman–Crippen LogP) is 1.58. The van der Waals surface area contributed by atoms with Gasteiger partial charge in [-0.25, -0.2) is 13.1 Å². The molecule has 8 nitrogen and oxygen atoms in total. The van der Waals surface area contributed by atoms with Crippen LogP contribution in [-0.2, 0) is 19.6 Å². The summed E-state index contributed by atoms with van der Waals surface area (Å²) < 4.78 is 32.9. The molecule has 0 atom stereocenters. The zero-order valence-corrected chi connectivity index (χ0v) is 14.9. The number of sulfonamides is 1. The molecule has 9 heteroatoms. The largest absolute Gasteiger partial charge is 0.495 e. The Kier molecular flexibility index (Phi) is 6.33. The minimum Gasteiger partial charge on any atom is -0.495 e. The number of nitrogens with one attached hydrogen (secondary N) is 2. The molecule has 0 bridgehead atoms. The molecule has 1 amide bonds. The maximum Gasteiger partial charge on any atom is 0.303 e. The van der Waals surface area contributed by atoms with E-state index in [4.69, 9.17) is 9.84 Å². The minimum absolute atomic E-state index is 0.116. The molecule has 134 valence electrons. The second-order valence-electron chi connectivity index (χ2n) is 5.93. The highest BCUT2D eigenvalue weighted by molar-refractivity contribution is 7.89. The lowest BCUT2D eigenvalue weighted by Gasteiger charge is -2.26. The average Bonchev–Trinajstić information content (AvgIpc) is 2.43. The van der Waals surface area contributed by atoms with Crippen molar-refractivity contribution in [1.29, 1.82) is 0 Å². The number of hydrogen-bond acceptors (Lipinski definition) is 5. The Morgan fingerprint density at radius 2 is 1.92 bits per heavy atom. The van der Waals surface area contributed by atoms with Gasteiger partial charge in [-0.15, -0.1) is 0 Å². The lowest BCUT2D eigenvalue weighted by atomic mass is 10.0. The van der Waals surface area contributed by atoms with Crippen LogP contribution in [0.25, 0.3) is 0 Å². The number of carboxylic acid groups (broad SMARTS) is 1. The van der Waals surface area contributed by atoms with Crippen molar-refractivity contribution in [3.05, 3.63) is 18.2 Å². The lowest BCUT2D eigenvalue weighted by Crippen LogP contribution is -2.43. The summed E-state index contributed by atoms with van der Waals surface area (Å²) in [5.41, 5.74) is -0.654. The quantitative estimate of drug-likeness (QED) is 0.648. The van der Waals surface area contributed by atoms with E-state index in [0.29, 0.717) is 5.69 Å². The van der Waals surface area contributed by atoms with Gasteiger partial charge in [-0.1, -0.05) is 0 Å². The zero-order chi connectivity index (χ0) is 18.5. The van der Waals surface area contributed by atoms with Crippen molar-refractivity contribution in [2.45, 2.75) is 44.0 Å². The Morgan fingerprint density at radius 3 is 2.42 bits per heavy atom. The Balaban J connectivity index is 3.16. The second-order valence-corrected chi connectivity index (χ2v) is 7.58. The van der Waals surface area contributed by atoms with Crippen molar-refractivity contribution in [2.24, 2.45) is 0 Å². The normalized spacial score (nSPS) is 11.8. The van der Waals surface area contributed by atoms with Gasteiger partial charge in [0.15, 0.2) is 0 Å². The van der Waals surface area contributed by atoms with E-state index in [-0.39, 0.29) is 29.4 Å². The van der Waals surface area contributed by atoms with E-state index in [1.807, 2.05) is 0 Å². The minimum atomic E-state index is -3.99. The van der Waals surface area contributed by atoms with Crippen LogP contribution in [0.1, 0.15) is 33.6 Å². The monoisotopic (exact) mass is 358 g/mol. The van der Waals surface area contributed by atoms with Gasteiger partial charge in [0.2, 0.25) is 15.9 Å². The summed E-state index contributed by atoms with van der Waals surface area (Å²) in [6.45, 7) is 4.50. The van der Waals surface area contributed by atoms with Crippen LogP contribution >= 0.6 is 0 Å². The van der Waals surface area contributed by atoms with Gasteiger partial charge in [0.05, 0.1) is 7.11 Å². The van der Waals surface area contributed by atoms with Gasteiger partial charge in [-0.3, -0.25) is 9.59 Å². The molecular formula is C15H22N2O6S. The number of carbonyl (C=O) groups is 2. The topological polar surface area (TPSA) is 122 Å². The molecule has 1 rings (SSSR count). The molecule has 1 aromatic carbocycles. The van der Waals surface area contributed by atoms with Crippen molar-refractivity contribution in [1.82, 2.24) is 4.72 Å². The summed E-state index contributed by atoms with van der Waals surface area (Å²) in [5.74, 6) is -1.23. The molecule has 0 aliphatic carbocycles. The average molecular weight is 358 g/mol. The Hall–Kier alpha value is -2.13. The zero-order valence-electron chi connectivity index (χ0n) is 14.0. The number of carbonyl (C=O) groups excluding carboxylic acids is 1. The summed E-state index contributed by atoms with van der Waals surface area (Å²) in [4.78, 5) is 21.7. The number of benzene rings is 1. The highest BCUT2D eigenvalue weighted by atomic mass is 32.2. The van der Waals surface area contributed by atoms with Crippen LogP contribution in [0.2, 0.25) is 0 Å². The molecule has 0 saturated heterocycles. The van der Waals surface area contributed by atoms with Crippen LogP contribution in [0, 0.1) is 0 Å². The molecule has 0 unspecified atom stereocenters. The Labute approximate surface area is 141 Å². The smallest absolute Gasteiger partial charge is 0.303 e.